The maximum atomic E-state index is 12.3. The fourth-order valence-electron chi connectivity index (χ4n) is 2.81. The number of hydrogen-bond acceptors (Lipinski definition) is 4. The zero-order valence-electron chi connectivity index (χ0n) is 13.0. The zero-order chi connectivity index (χ0) is 16.4. The number of imidazole rings is 1. The molecule has 0 aromatic carbocycles. The third-order valence-electron chi connectivity index (χ3n) is 4.41. The van der Waals surface area contributed by atoms with Gasteiger partial charge in [-0.1, -0.05) is 0 Å². The van der Waals surface area contributed by atoms with Crippen molar-refractivity contribution >= 4 is 17.5 Å². The Kier molecular flexibility index (Phi) is 4.04. The lowest BCUT2D eigenvalue weighted by atomic mass is 9.79. The Morgan fingerprint density at radius 2 is 2.17 bits per heavy atom. The minimum Gasteiger partial charge on any atom is -0.381 e. The first kappa shape index (κ1) is 15.5. The van der Waals surface area contributed by atoms with Crippen molar-refractivity contribution in [1.82, 2.24) is 14.7 Å². The van der Waals surface area contributed by atoms with Gasteiger partial charge in [0.25, 0.3) is 5.91 Å². The molecule has 3 rings (SSSR count). The Bertz CT molecular complexity index is 747. The summed E-state index contributed by atoms with van der Waals surface area (Å²) in [4.78, 5) is 28.5. The van der Waals surface area contributed by atoms with E-state index in [1.54, 1.807) is 10.6 Å². The van der Waals surface area contributed by atoms with Gasteiger partial charge in [-0.3, -0.25) is 9.59 Å². The van der Waals surface area contributed by atoms with E-state index in [0.29, 0.717) is 37.4 Å². The van der Waals surface area contributed by atoms with Crippen molar-refractivity contribution < 1.29 is 14.3 Å². The van der Waals surface area contributed by atoms with Crippen LogP contribution in [0.2, 0.25) is 0 Å². The van der Waals surface area contributed by atoms with Gasteiger partial charge in [0.05, 0.1) is 5.41 Å². The largest absolute Gasteiger partial charge is 0.381 e. The smallest absolute Gasteiger partial charge is 0.271 e. The molecule has 122 valence electrons. The molecule has 2 amide bonds. The predicted molar refractivity (Wildman–Crippen MR) is 83.9 cm³/mol. The number of carbonyl (C=O) groups excluding carboxylic acids is 2. The Labute approximate surface area is 133 Å². The summed E-state index contributed by atoms with van der Waals surface area (Å²) in [5.41, 5.74) is 6.92. The van der Waals surface area contributed by atoms with E-state index in [0.717, 1.165) is 5.56 Å². The Morgan fingerprint density at radius 1 is 1.43 bits per heavy atom. The summed E-state index contributed by atoms with van der Waals surface area (Å²) in [7, 11) is 0. The van der Waals surface area contributed by atoms with Gasteiger partial charge in [-0.2, -0.15) is 0 Å². The number of primary amides is 1. The van der Waals surface area contributed by atoms with E-state index in [1.807, 2.05) is 25.3 Å². The molecule has 2 aromatic rings. The third kappa shape index (κ3) is 3.05. The molecular weight excluding hydrogens is 296 g/mol. The van der Waals surface area contributed by atoms with Crippen LogP contribution in [0.5, 0.6) is 0 Å². The summed E-state index contributed by atoms with van der Waals surface area (Å²) < 4.78 is 7.07. The molecule has 23 heavy (non-hydrogen) atoms. The molecule has 1 fully saturated rings. The number of pyridine rings is 1. The maximum absolute atomic E-state index is 12.3. The number of nitrogens with zero attached hydrogens (tertiary/aromatic N) is 2. The number of fused-ring (bicyclic) bond motifs is 1. The summed E-state index contributed by atoms with van der Waals surface area (Å²) in [6.07, 6.45) is 4.57. The second-order valence-corrected chi connectivity index (χ2v) is 6.04. The molecule has 0 aliphatic carbocycles. The number of aryl methyl sites for hydroxylation is 1. The molecule has 1 aliphatic rings. The van der Waals surface area contributed by atoms with Crippen molar-refractivity contribution in [2.75, 3.05) is 19.8 Å². The number of nitrogens with two attached hydrogens (primary N) is 1. The van der Waals surface area contributed by atoms with Gasteiger partial charge in [0.15, 0.2) is 0 Å². The summed E-state index contributed by atoms with van der Waals surface area (Å²) in [5, 5.41) is 2.80. The van der Waals surface area contributed by atoms with Gasteiger partial charge in [-0.15, -0.1) is 0 Å². The van der Waals surface area contributed by atoms with Gasteiger partial charge in [0, 0.05) is 32.2 Å². The predicted octanol–water partition coefficient (Wildman–Crippen LogP) is 0.655. The standard InChI is InChI=1S/C16H20N4O3/c1-11-2-5-20-9-12(19-13(20)8-11)14(21)18-10-16(15(17)22)3-6-23-7-4-16/h2,5,8-9H,3-4,6-7,10H2,1H3,(H2,17,22)(H,18,21). The SMILES string of the molecule is Cc1ccn2cc(C(=O)NCC3(C(N)=O)CCOCC3)nc2c1. The normalized spacial score (nSPS) is 17.1. The molecule has 0 radical (unpaired) electrons. The van der Waals surface area contributed by atoms with Gasteiger partial charge in [0.1, 0.15) is 11.3 Å². The average molecular weight is 316 g/mol. The van der Waals surface area contributed by atoms with Crippen LogP contribution in [0.1, 0.15) is 28.9 Å². The fourth-order valence-corrected chi connectivity index (χ4v) is 2.81. The quantitative estimate of drug-likeness (QED) is 0.865. The van der Waals surface area contributed by atoms with Crippen LogP contribution in [0.4, 0.5) is 0 Å². The van der Waals surface area contributed by atoms with Crippen LogP contribution in [0, 0.1) is 12.3 Å². The number of aromatic nitrogens is 2. The van der Waals surface area contributed by atoms with Crippen LogP contribution in [-0.2, 0) is 9.53 Å². The van der Waals surface area contributed by atoms with Crippen LogP contribution in [-0.4, -0.2) is 41.0 Å². The van der Waals surface area contributed by atoms with E-state index in [-0.39, 0.29) is 12.5 Å². The van der Waals surface area contributed by atoms with Crippen LogP contribution in [0.25, 0.3) is 5.65 Å². The molecule has 2 aromatic heterocycles. The first-order chi connectivity index (χ1) is 11.0. The third-order valence-corrected chi connectivity index (χ3v) is 4.41. The van der Waals surface area contributed by atoms with Crippen molar-refractivity contribution in [3.63, 3.8) is 0 Å². The number of hydrogen-bond donors (Lipinski definition) is 2. The average Bonchev–Trinajstić information content (AvgIpc) is 2.96. The highest BCUT2D eigenvalue weighted by molar-refractivity contribution is 5.93. The maximum Gasteiger partial charge on any atom is 0.271 e. The first-order valence-electron chi connectivity index (χ1n) is 7.61. The highest BCUT2D eigenvalue weighted by atomic mass is 16.5. The number of amides is 2. The Morgan fingerprint density at radius 3 is 2.87 bits per heavy atom. The molecule has 3 N–H and O–H groups in total. The van der Waals surface area contributed by atoms with Gasteiger partial charge >= 0.3 is 0 Å². The lowest BCUT2D eigenvalue weighted by Gasteiger charge is -2.34. The highest BCUT2D eigenvalue weighted by Crippen LogP contribution is 2.29. The van der Waals surface area contributed by atoms with Crippen molar-refractivity contribution in [2.45, 2.75) is 19.8 Å². The first-order valence-corrected chi connectivity index (χ1v) is 7.61. The highest BCUT2D eigenvalue weighted by Gasteiger charge is 2.38. The number of ether oxygens (including phenoxy) is 1. The van der Waals surface area contributed by atoms with Crippen molar-refractivity contribution in [1.29, 1.82) is 0 Å². The second-order valence-electron chi connectivity index (χ2n) is 6.04. The molecule has 0 bridgehead atoms. The number of rotatable bonds is 4. The molecule has 0 unspecified atom stereocenters. The van der Waals surface area contributed by atoms with E-state index in [2.05, 4.69) is 10.3 Å². The lowest BCUT2D eigenvalue weighted by Crippen LogP contribution is -2.49. The molecule has 1 aliphatic heterocycles. The summed E-state index contributed by atoms with van der Waals surface area (Å²) in [6.45, 7) is 3.13. The van der Waals surface area contributed by atoms with E-state index < -0.39 is 11.3 Å². The molecule has 1 saturated heterocycles. The van der Waals surface area contributed by atoms with Crippen LogP contribution in [0.3, 0.4) is 0 Å². The van der Waals surface area contributed by atoms with Gasteiger partial charge in [-0.25, -0.2) is 4.98 Å². The Hall–Kier alpha value is -2.41. The van der Waals surface area contributed by atoms with Crippen molar-refractivity contribution in [2.24, 2.45) is 11.1 Å². The van der Waals surface area contributed by atoms with Gasteiger partial charge in [0.2, 0.25) is 5.91 Å². The summed E-state index contributed by atoms with van der Waals surface area (Å²) >= 11 is 0. The van der Waals surface area contributed by atoms with E-state index in [9.17, 15) is 9.59 Å². The summed E-state index contributed by atoms with van der Waals surface area (Å²) in [6, 6.07) is 3.85. The topological polar surface area (TPSA) is 98.7 Å². The molecule has 0 atom stereocenters. The molecule has 0 spiro atoms. The van der Waals surface area contributed by atoms with Crippen molar-refractivity contribution in [3.05, 3.63) is 35.8 Å². The zero-order valence-corrected chi connectivity index (χ0v) is 13.0. The lowest BCUT2D eigenvalue weighted by molar-refractivity contribution is -0.132. The minimum absolute atomic E-state index is 0.206. The molecular formula is C16H20N4O3. The fraction of sp³-hybridized carbons (Fsp3) is 0.438. The molecule has 3 heterocycles. The summed E-state index contributed by atoms with van der Waals surface area (Å²) in [5.74, 6) is -0.704. The van der Waals surface area contributed by atoms with Crippen LogP contribution in [0.15, 0.2) is 24.5 Å². The monoisotopic (exact) mass is 316 g/mol. The second kappa shape index (κ2) is 6.00. The minimum atomic E-state index is -0.732. The molecule has 7 heteroatoms. The van der Waals surface area contributed by atoms with E-state index in [1.165, 1.54) is 0 Å². The Balaban J connectivity index is 1.73. The van der Waals surface area contributed by atoms with E-state index >= 15 is 0 Å². The number of carbonyl (C=O) groups is 2. The molecule has 0 saturated carbocycles. The van der Waals surface area contributed by atoms with E-state index in [4.69, 9.17) is 10.5 Å². The molecule has 7 nitrogen and oxygen atoms in total. The van der Waals surface area contributed by atoms with Gasteiger partial charge < -0.3 is 20.2 Å². The van der Waals surface area contributed by atoms with Crippen LogP contribution >= 0.6 is 0 Å². The number of nitrogens with one attached hydrogen (secondary N) is 1. The van der Waals surface area contributed by atoms with Crippen LogP contribution < -0.4 is 11.1 Å². The van der Waals surface area contributed by atoms with Crippen molar-refractivity contribution in [3.8, 4) is 0 Å². The van der Waals surface area contributed by atoms with Gasteiger partial charge in [-0.05, 0) is 37.5 Å².